The molecule has 0 fully saturated rings. The average molecular weight is 660 g/mol. The third kappa shape index (κ3) is 4.21. The Balaban J connectivity index is 1.59. The number of carbonyl (C=O) groups excluding carboxylic acids is 3. The Hall–Kier alpha value is -3.33. The summed E-state index contributed by atoms with van der Waals surface area (Å²) in [5.74, 6) is -5.52. The minimum atomic E-state index is -2.12. The van der Waals surface area contributed by atoms with Crippen LogP contribution in [0.5, 0.6) is 5.75 Å². The van der Waals surface area contributed by atoms with Crippen LogP contribution in [0.3, 0.4) is 0 Å². The highest BCUT2D eigenvalue weighted by Gasteiger charge is 2.65. The maximum absolute atomic E-state index is 13.9. The number of aromatic hydroxyl groups is 1. The van der Waals surface area contributed by atoms with E-state index in [-0.39, 0.29) is 23.3 Å². The first kappa shape index (κ1) is 28.2. The van der Waals surface area contributed by atoms with Crippen LogP contribution in [0, 0.1) is 11.8 Å². The van der Waals surface area contributed by atoms with Gasteiger partial charge < -0.3 is 26.4 Å². The van der Waals surface area contributed by atoms with Crippen LogP contribution in [0.1, 0.15) is 33.5 Å². The predicted octanol–water partition coefficient (Wildman–Crippen LogP) is 2.18. The molecule has 3 aliphatic carbocycles. The second-order valence-corrected chi connectivity index (χ2v) is 11.0. The van der Waals surface area contributed by atoms with Crippen molar-refractivity contribution in [2.75, 3.05) is 14.1 Å². The SMILES string of the molecule is CN(C)[C@@H]1C(O)=C(C(N)=O)C(=O)[C@@]2(OI)C(O)=C3C(=O)c4c(O)ccc(CNCc5ccncc5)c4C[C@H]3C[C@@H]12. The van der Waals surface area contributed by atoms with Crippen molar-refractivity contribution < 1.29 is 32.8 Å². The molecule has 1 heterocycles. The van der Waals surface area contributed by atoms with E-state index in [1.807, 2.05) is 12.1 Å². The van der Waals surface area contributed by atoms with Crippen molar-refractivity contribution >= 4 is 40.5 Å². The lowest BCUT2D eigenvalue weighted by Crippen LogP contribution is -2.64. The molecule has 0 radical (unpaired) electrons. The van der Waals surface area contributed by atoms with Gasteiger partial charge in [-0.3, -0.25) is 27.3 Å². The summed E-state index contributed by atoms with van der Waals surface area (Å²) in [6, 6.07) is 6.09. The van der Waals surface area contributed by atoms with Crippen LogP contribution in [0.4, 0.5) is 0 Å². The van der Waals surface area contributed by atoms with Gasteiger partial charge in [0.25, 0.3) is 5.91 Å². The fourth-order valence-corrected chi connectivity index (χ4v) is 7.17. The van der Waals surface area contributed by atoms with Gasteiger partial charge >= 0.3 is 0 Å². The van der Waals surface area contributed by atoms with E-state index in [0.29, 0.717) is 25.1 Å². The largest absolute Gasteiger partial charge is 0.510 e. The van der Waals surface area contributed by atoms with Crippen LogP contribution >= 0.6 is 23.0 Å². The number of halogens is 1. The molecular formula is C28H29IN4O7. The number of aliphatic hydroxyl groups excluding tert-OH is 2. The number of benzene rings is 1. The van der Waals surface area contributed by atoms with Gasteiger partial charge in [0, 0.05) is 37.0 Å². The second-order valence-electron chi connectivity index (χ2n) is 10.6. The van der Waals surface area contributed by atoms with E-state index in [1.165, 1.54) is 29.1 Å². The molecule has 40 heavy (non-hydrogen) atoms. The molecule has 0 spiro atoms. The summed E-state index contributed by atoms with van der Waals surface area (Å²) in [4.78, 5) is 45.5. The summed E-state index contributed by atoms with van der Waals surface area (Å²) in [6.45, 7) is 0.990. The number of pyridine rings is 1. The standard InChI is InChI=1S/C28H29IN4O7/c1-33(2)22-17-10-15-9-16-14(12-32-11-13-5-7-31-8-6-13)3-4-18(34)20(16)23(35)19(15)25(37)28(17,40-29)26(38)21(24(22)36)27(30)39/h3-8,15,17,22,32,34,36-37H,9-12H2,1-2H3,(H2,30,39)/t15-,17-,22-,28-/m0/s1. The van der Waals surface area contributed by atoms with Gasteiger partial charge in [-0.1, -0.05) is 6.07 Å². The van der Waals surface area contributed by atoms with Gasteiger partial charge in [0.15, 0.2) is 5.78 Å². The van der Waals surface area contributed by atoms with Gasteiger partial charge in [-0.25, -0.2) is 0 Å². The third-order valence-electron chi connectivity index (χ3n) is 8.19. The number of aliphatic hydroxyl groups is 2. The Morgan fingerprint density at radius 3 is 2.50 bits per heavy atom. The maximum Gasteiger partial charge on any atom is 0.255 e. The molecule has 1 amide bonds. The van der Waals surface area contributed by atoms with Crippen LogP contribution < -0.4 is 11.1 Å². The van der Waals surface area contributed by atoms with Crippen molar-refractivity contribution in [3.8, 4) is 5.75 Å². The van der Waals surface area contributed by atoms with E-state index >= 15 is 0 Å². The number of nitrogens with zero attached hydrogens (tertiary/aromatic N) is 2. The second kappa shape index (κ2) is 10.6. The van der Waals surface area contributed by atoms with Crippen LogP contribution in [0.25, 0.3) is 0 Å². The number of phenols is 1. The van der Waals surface area contributed by atoms with Crippen LogP contribution in [0.2, 0.25) is 0 Å². The number of likely N-dealkylation sites (N-methyl/N-ethyl adjacent to an activating group) is 1. The normalized spacial score (nSPS) is 26.1. The first-order valence-corrected chi connectivity index (χ1v) is 13.6. The molecule has 4 atom stereocenters. The van der Waals surface area contributed by atoms with Crippen molar-refractivity contribution in [1.29, 1.82) is 0 Å². The van der Waals surface area contributed by atoms with Crippen molar-refractivity contribution in [1.82, 2.24) is 15.2 Å². The maximum atomic E-state index is 13.9. The Bertz CT molecular complexity index is 1470. The Morgan fingerprint density at radius 1 is 1.18 bits per heavy atom. The molecule has 210 valence electrons. The molecule has 2 aromatic rings. The average Bonchev–Trinajstić information content (AvgIpc) is 2.90. The number of carbonyl (C=O) groups is 3. The molecule has 1 aromatic carbocycles. The lowest BCUT2D eigenvalue weighted by molar-refractivity contribution is -0.140. The minimum absolute atomic E-state index is 0.0475. The lowest BCUT2D eigenvalue weighted by Gasteiger charge is -2.51. The van der Waals surface area contributed by atoms with Gasteiger partial charge in [0.05, 0.1) is 11.6 Å². The zero-order valence-electron chi connectivity index (χ0n) is 21.8. The van der Waals surface area contributed by atoms with E-state index in [9.17, 15) is 29.7 Å². The summed E-state index contributed by atoms with van der Waals surface area (Å²) >= 11 is 1.48. The molecule has 0 unspecified atom stereocenters. The molecule has 1 aromatic heterocycles. The number of amides is 1. The predicted molar refractivity (Wildman–Crippen MR) is 151 cm³/mol. The first-order valence-electron chi connectivity index (χ1n) is 12.7. The molecule has 0 saturated heterocycles. The summed E-state index contributed by atoms with van der Waals surface area (Å²) in [5.41, 5.74) is 5.19. The highest BCUT2D eigenvalue weighted by molar-refractivity contribution is 14.1. The number of allylic oxidation sites excluding steroid dienone is 1. The van der Waals surface area contributed by atoms with Crippen LogP contribution in [-0.4, -0.2) is 68.4 Å². The smallest absolute Gasteiger partial charge is 0.255 e. The molecule has 12 heteroatoms. The van der Waals surface area contributed by atoms with Crippen molar-refractivity contribution in [2.24, 2.45) is 17.6 Å². The van der Waals surface area contributed by atoms with E-state index in [4.69, 9.17) is 8.80 Å². The van der Waals surface area contributed by atoms with Gasteiger partial charge in [-0.05, 0) is 67.7 Å². The molecule has 5 rings (SSSR count). The van der Waals surface area contributed by atoms with E-state index in [2.05, 4.69) is 10.3 Å². The Kier molecular flexibility index (Phi) is 7.46. The zero-order valence-corrected chi connectivity index (χ0v) is 24.0. The molecule has 11 nitrogen and oxygen atoms in total. The molecule has 6 N–H and O–H groups in total. The topological polar surface area (TPSA) is 175 Å². The van der Waals surface area contributed by atoms with Gasteiger partial charge in [-0.15, -0.1) is 0 Å². The quantitative estimate of drug-likeness (QED) is 0.219. The van der Waals surface area contributed by atoms with Crippen LogP contribution in [-0.2, 0) is 32.2 Å². The molecule has 0 saturated carbocycles. The Morgan fingerprint density at radius 2 is 1.88 bits per heavy atom. The number of hydrogen-bond donors (Lipinski definition) is 5. The lowest BCUT2D eigenvalue weighted by atomic mass is 9.58. The fraction of sp³-hybridized carbons (Fsp3) is 0.357. The number of Topliss-reactive ketones (excluding diaryl/α,β-unsaturated/α-hetero) is 2. The minimum Gasteiger partial charge on any atom is -0.510 e. The number of primary amides is 1. The molecule has 0 bridgehead atoms. The summed E-state index contributed by atoms with van der Waals surface area (Å²) < 4.78 is 5.65. The zero-order chi connectivity index (χ0) is 28.9. The number of ketones is 2. The number of nitrogens with two attached hydrogens (primary N) is 1. The number of nitrogens with one attached hydrogen (secondary N) is 1. The molecule has 3 aliphatic rings. The first-order chi connectivity index (χ1) is 19.0. The molecular weight excluding hydrogens is 631 g/mol. The van der Waals surface area contributed by atoms with Crippen molar-refractivity contribution in [3.05, 3.63) is 81.6 Å². The number of phenolic OH excluding ortho intramolecular Hbond substituents is 1. The highest BCUT2D eigenvalue weighted by atomic mass is 127. The van der Waals surface area contributed by atoms with Crippen molar-refractivity contribution in [3.63, 3.8) is 0 Å². The van der Waals surface area contributed by atoms with Gasteiger partial charge in [-0.2, -0.15) is 0 Å². The number of fused-ring (bicyclic) bond motifs is 3. The monoisotopic (exact) mass is 660 g/mol. The summed E-state index contributed by atoms with van der Waals surface area (Å²) in [7, 11) is 3.32. The van der Waals surface area contributed by atoms with Gasteiger partial charge in [0.2, 0.25) is 11.4 Å². The third-order valence-corrected chi connectivity index (χ3v) is 8.88. The molecule has 0 aliphatic heterocycles. The van der Waals surface area contributed by atoms with Gasteiger partial charge in [0.1, 0.15) is 45.8 Å². The van der Waals surface area contributed by atoms with Crippen molar-refractivity contribution in [2.45, 2.75) is 37.6 Å². The van der Waals surface area contributed by atoms with E-state index in [0.717, 1.165) is 11.1 Å². The number of rotatable bonds is 7. The Labute approximate surface area is 244 Å². The van der Waals surface area contributed by atoms with E-state index in [1.54, 1.807) is 37.5 Å². The number of aromatic nitrogens is 1. The summed E-state index contributed by atoms with van der Waals surface area (Å²) in [6.07, 6.45) is 3.89. The fourth-order valence-electron chi connectivity index (χ4n) is 6.43. The number of hydrogen-bond acceptors (Lipinski definition) is 10. The van der Waals surface area contributed by atoms with Crippen LogP contribution in [0.15, 0.2) is 59.3 Å². The summed E-state index contributed by atoms with van der Waals surface area (Å²) in [5, 5.41) is 36.8. The highest BCUT2D eigenvalue weighted by Crippen LogP contribution is 2.54. The van der Waals surface area contributed by atoms with E-state index < -0.39 is 58.0 Å².